The minimum atomic E-state index is -0.330. The van der Waals surface area contributed by atoms with Crippen LogP contribution in [0, 0.1) is 0 Å². The van der Waals surface area contributed by atoms with Crippen molar-refractivity contribution in [1.29, 1.82) is 0 Å². The quantitative estimate of drug-likeness (QED) is 0.801. The summed E-state index contributed by atoms with van der Waals surface area (Å²) in [5.74, 6) is 0.345. The predicted molar refractivity (Wildman–Crippen MR) is 89.2 cm³/mol. The summed E-state index contributed by atoms with van der Waals surface area (Å²) in [7, 11) is 3.01. The molecule has 0 atom stereocenters. The summed E-state index contributed by atoms with van der Waals surface area (Å²) in [6, 6.07) is 16.7. The number of methoxy groups -OCH3 is 2. The minimum Gasteiger partial charge on any atom is -0.495 e. The van der Waals surface area contributed by atoms with Crippen LogP contribution in [0.3, 0.4) is 0 Å². The largest absolute Gasteiger partial charge is 0.495 e. The molecule has 5 heteroatoms. The number of nitrogens with one attached hydrogen (secondary N) is 1. The number of para-hydroxylation sites is 2. The molecule has 0 aliphatic rings. The van der Waals surface area contributed by atoms with Gasteiger partial charge >= 0.3 is 0 Å². The van der Waals surface area contributed by atoms with Crippen molar-refractivity contribution in [2.24, 2.45) is 0 Å². The summed E-state index contributed by atoms with van der Waals surface area (Å²) in [5.41, 5.74) is 1.67. The van der Waals surface area contributed by atoms with Crippen LogP contribution >= 0.6 is 0 Å². The highest BCUT2D eigenvalue weighted by molar-refractivity contribution is 6.11. The number of rotatable bonds is 4. The maximum absolute atomic E-state index is 12.7. The van der Waals surface area contributed by atoms with Gasteiger partial charge in [-0.3, -0.25) is 4.79 Å². The summed E-state index contributed by atoms with van der Waals surface area (Å²) >= 11 is 0. The summed E-state index contributed by atoms with van der Waals surface area (Å²) in [6.07, 6.45) is 0. The number of hydrogen-bond acceptors (Lipinski definition) is 4. The van der Waals surface area contributed by atoms with Crippen LogP contribution in [0.2, 0.25) is 0 Å². The summed E-state index contributed by atoms with van der Waals surface area (Å²) in [6.45, 7) is 0. The molecule has 0 radical (unpaired) electrons. The Hall–Kier alpha value is -3.08. The fraction of sp³-hybridized carbons (Fsp3) is 0.111. The van der Waals surface area contributed by atoms with Crippen LogP contribution in [0.1, 0.15) is 10.4 Å². The van der Waals surface area contributed by atoms with Crippen molar-refractivity contribution in [3.05, 3.63) is 60.2 Å². The highest BCUT2D eigenvalue weighted by Crippen LogP contribution is 2.34. The van der Waals surface area contributed by atoms with Crippen LogP contribution in [-0.2, 0) is 0 Å². The highest BCUT2D eigenvalue weighted by Gasteiger charge is 2.23. The van der Waals surface area contributed by atoms with E-state index in [0.717, 1.165) is 5.39 Å². The smallest absolute Gasteiger partial charge is 0.264 e. The summed E-state index contributed by atoms with van der Waals surface area (Å²) < 4.78 is 10.8. The number of hydrogen-bond donors (Lipinski definition) is 1. The molecule has 23 heavy (non-hydrogen) atoms. The van der Waals surface area contributed by atoms with Crippen LogP contribution in [0.5, 0.6) is 11.6 Å². The standard InChI is InChI=1S/C18H16N2O3/c1-22-16-13-10-6-7-11-14(13)20-18(23-2)15(16)17(21)19-12-8-4-3-5-9-12/h3-11H,1-2H3,(H,19,21). The molecule has 0 spiro atoms. The number of ether oxygens (including phenoxy) is 2. The van der Waals surface area contributed by atoms with Gasteiger partial charge in [-0.2, -0.15) is 0 Å². The minimum absolute atomic E-state index is 0.231. The first kappa shape index (κ1) is 14.8. The van der Waals surface area contributed by atoms with E-state index in [1.165, 1.54) is 14.2 Å². The molecule has 1 heterocycles. The third-order valence-corrected chi connectivity index (χ3v) is 3.47. The Morgan fingerprint density at radius 1 is 0.957 bits per heavy atom. The first-order valence-corrected chi connectivity index (χ1v) is 7.11. The first-order valence-electron chi connectivity index (χ1n) is 7.11. The van der Waals surface area contributed by atoms with Crippen molar-refractivity contribution in [3.8, 4) is 11.6 Å². The number of fused-ring (bicyclic) bond motifs is 1. The molecule has 116 valence electrons. The highest BCUT2D eigenvalue weighted by atomic mass is 16.5. The Kier molecular flexibility index (Phi) is 4.10. The SMILES string of the molecule is COc1nc2ccccc2c(OC)c1C(=O)Nc1ccccc1. The summed E-state index contributed by atoms with van der Waals surface area (Å²) in [4.78, 5) is 17.1. The maximum atomic E-state index is 12.7. The molecule has 0 fully saturated rings. The van der Waals surface area contributed by atoms with Gasteiger partial charge in [0.15, 0.2) is 0 Å². The lowest BCUT2D eigenvalue weighted by Gasteiger charge is -2.14. The molecular formula is C18H16N2O3. The molecule has 0 aliphatic carbocycles. The number of pyridine rings is 1. The summed E-state index contributed by atoms with van der Waals surface area (Å²) in [5, 5.41) is 3.59. The average Bonchev–Trinajstić information content (AvgIpc) is 2.60. The molecular weight excluding hydrogens is 292 g/mol. The zero-order valence-electron chi connectivity index (χ0n) is 12.9. The lowest BCUT2D eigenvalue weighted by atomic mass is 10.1. The molecule has 2 aromatic carbocycles. The number of amides is 1. The molecule has 3 rings (SSSR count). The molecule has 0 unspecified atom stereocenters. The lowest BCUT2D eigenvalue weighted by molar-refractivity contribution is 0.102. The first-order chi connectivity index (χ1) is 11.2. The van der Waals surface area contributed by atoms with E-state index in [-0.39, 0.29) is 17.4 Å². The molecule has 0 saturated carbocycles. The van der Waals surface area contributed by atoms with Crippen LogP contribution in [0.15, 0.2) is 54.6 Å². The van der Waals surface area contributed by atoms with Gasteiger partial charge in [-0.05, 0) is 24.3 Å². The van der Waals surface area contributed by atoms with E-state index in [1.54, 1.807) is 0 Å². The monoisotopic (exact) mass is 308 g/mol. The van der Waals surface area contributed by atoms with E-state index in [4.69, 9.17) is 9.47 Å². The Balaban J connectivity index is 2.13. The Morgan fingerprint density at radius 2 is 1.65 bits per heavy atom. The number of carbonyl (C=O) groups is 1. The average molecular weight is 308 g/mol. The second-order valence-corrected chi connectivity index (χ2v) is 4.87. The van der Waals surface area contributed by atoms with E-state index >= 15 is 0 Å². The third kappa shape index (κ3) is 2.81. The molecule has 1 aromatic heterocycles. The fourth-order valence-corrected chi connectivity index (χ4v) is 2.44. The fourth-order valence-electron chi connectivity index (χ4n) is 2.44. The van der Waals surface area contributed by atoms with Gasteiger partial charge in [-0.15, -0.1) is 0 Å². The zero-order valence-corrected chi connectivity index (χ0v) is 12.9. The number of anilines is 1. The van der Waals surface area contributed by atoms with Gasteiger partial charge in [-0.25, -0.2) is 4.98 Å². The van der Waals surface area contributed by atoms with Crippen LogP contribution in [0.25, 0.3) is 10.9 Å². The van der Waals surface area contributed by atoms with Crippen molar-refractivity contribution < 1.29 is 14.3 Å². The Labute approximate surface area is 133 Å². The third-order valence-electron chi connectivity index (χ3n) is 3.47. The molecule has 3 aromatic rings. The molecule has 0 bridgehead atoms. The van der Waals surface area contributed by atoms with E-state index in [1.807, 2.05) is 54.6 Å². The number of benzene rings is 2. The normalized spacial score (nSPS) is 10.3. The van der Waals surface area contributed by atoms with Gasteiger partial charge in [0.2, 0.25) is 5.88 Å². The second kappa shape index (κ2) is 6.36. The van der Waals surface area contributed by atoms with E-state index in [0.29, 0.717) is 17.0 Å². The molecule has 1 N–H and O–H groups in total. The van der Waals surface area contributed by atoms with Gasteiger partial charge in [-0.1, -0.05) is 30.3 Å². The zero-order chi connectivity index (χ0) is 16.2. The Bertz CT molecular complexity index is 848. The van der Waals surface area contributed by atoms with Crippen molar-refractivity contribution in [3.63, 3.8) is 0 Å². The number of carbonyl (C=O) groups excluding carboxylic acids is 1. The van der Waals surface area contributed by atoms with E-state index in [2.05, 4.69) is 10.3 Å². The lowest BCUT2D eigenvalue weighted by Crippen LogP contribution is -2.15. The van der Waals surface area contributed by atoms with Crippen LogP contribution in [-0.4, -0.2) is 25.1 Å². The van der Waals surface area contributed by atoms with E-state index in [9.17, 15) is 4.79 Å². The molecule has 0 aliphatic heterocycles. The topological polar surface area (TPSA) is 60.5 Å². The molecule has 5 nitrogen and oxygen atoms in total. The van der Waals surface area contributed by atoms with Crippen molar-refractivity contribution in [2.75, 3.05) is 19.5 Å². The predicted octanol–water partition coefficient (Wildman–Crippen LogP) is 3.50. The van der Waals surface area contributed by atoms with Crippen molar-refractivity contribution in [1.82, 2.24) is 4.98 Å². The number of aromatic nitrogens is 1. The van der Waals surface area contributed by atoms with Gasteiger partial charge in [0.25, 0.3) is 5.91 Å². The Morgan fingerprint density at radius 3 is 2.35 bits per heavy atom. The van der Waals surface area contributed by atoms with Gasteiger partial charge in [0, 0.05) is 11.1 Å². The maximum Gasteiger partial charge on any atom is 0.264 e. The molecule has 0 saturated heterocycles. The van der Waals surface area contributed by atoms with Crippen LogP contribution < -0.4 is 14.8 Å². The number of nitrogens with zero attached hydrogens (tertiary/aromatic N) is 1. The van der Waals surface area contributed by atoms with Gasteiger partial charge in [0.1, 0.15) is 11.3 Å². The van der Waals surface area contributed by atoms with Gasteiger partial charge < -0.3 is 14.8 Å². The van der Waals surface area contributed by atoms with Crippen molar-refractivity contribution >= 4 is 22.5 Å². The van der Waals surface area contributed by atoms with Crippen molar-refractivity contribution in [2.45, 2.75) is 0 Å². The van der Waals surface area contributed by atoms with Gasteiger partial charge in [0.05, 0.1) is 19.7 Å². The molecule has 1 amide bonds. The van der Waals surface area contributed by atoms with Crippen LogP contribution in [0.4, 0.5) is 5.69 Å². The second-order valence-electron chi connectivity index (χ2n) is 4.87. The van der Waals surface area contributed by atoms with E-state index < -0.39 is 0 Å².